The van der Waals surface area contributed by atoms with Crippen LogP contribution >= 0.6 is 0 Å². The van der Waals surface area contributed by atoms with Crippen molar-refractivity contribution >= 4 is 23.4 Å². The summed E-state index contributed by atoms with van der Waals surface area (Å²) >= 11 is 0. The molecule has 0 aliphatic carbocycles. The second kappa shape index (κ2) is 6.87. The summed E-state index contributed by atoms with van der Waals surface area (Å²) in [6.45, 7) is 1.67. The predicted molar refractivity (Wildman–Crippen MR) is 109 cm³/mol. The number of pyridine rings is 3. The van der Waals surface area contributed by atoms with Gasteiger partial charge in [-0.3, -0.25) is 15.2 Å². The summed E-state index contributed by atoms with van der Waals surface area (Å²) in [5.74, 6) is 1.12. The van der Waals surface area contributed by atoms with Gasteiger partial charge in [0.25, 0.3) is 0 Å². The molecule has 1 saturated heterocycles. The molecular weight excluding hydrogens is 366 g/mol. The van der Waals surface area contributed by atoms with Gasteiger partial charge in [0, 0.05) is 37.2 Å². The molecular formula is C21H17N7O. The highest BCUT2D eigenvalue weighted by molar-refractivity contribution is 6.04. The Morgan fingerprint density at radius 3 is 3.00 bits per heavy atom. The number of carbonyl (C=O) groups is 1. The van der Waals surface area contributed by atoms with Crippen LogP contribution in [0, 0.1) is 11.3 Å². The number of amides is 2. The minimum atomic E-state index is -0.245. The zero-order valence-corrected chi connectivity index (χ0v) is 15.5. The minimum Gasteiger partial charge on any atom is -0.366 e. The molecule has 8 heteroatoms. The zero-order valence-electron chi connectivity index (χ0n) is 15.5. The third-order valence-corrected chi connectivity index (χ3v) is 5.23. The van der Waals surface area contributed by atoms with E-state index in [9.17, 15) is 4.79 Å². The Morgan fingerprint density at radius 2 is 2.17 bits per heavy atom. The average molecular weight is 383 g/mol. The third kappa shape index (κ3) is 3.02. The van der Waals surface area contributed by atoms with Crippen LogP contribution in [0.15, 0.2) is 55.0 Å². The normalized spacial score (nSPS) is 16.9. The van der Waals surface area contributed by atoms with Gasteiger partial charge in [-0.1, -0.05) is 6.07 Å². The van der Waals surface area contributed by atoms with Crippen molar-refractivity contribution in [3.8, 4) is 17.3 Å². The summed E-state index contributed by atoms with van der Waals surface area (Å²) in [4.78, 5) is 30.2. The van der Waals surface area contributed by atoms with Gasteiger partial charge in [0.1, 0.15) is 11.9 Å². The zero-order chi connectivity index (χ0) is 19.8. The van der Waals surface area contributed by atoms with Crippen LogP contribution in [0.1, 0.15) is 12.0 Å². The Kier molecular flexibility index (Phi) is 4.06. The Balaban J connectivity index is 1.55. The Morgan fingerprint density at radius 1 is 1.24 bits per heavy atom. The maximum absolute atomic E-state index is 13.1. The fourth-order valence-electron chi connectivity index (χ4n) is 3.88. The maximum atomic E-state index is 13.1. The van der Waals surface area contributed by atoms with Crippen molar-refractivity contribution in [2.75, 3.05) is 28.2 Å². The van der Waals surface area contributed by atoms with Gasteiger partial charge in [0.2, 0.25) is 0 Å². The van der Waals surface area contributed by atoms with Crippen LogP contribution in [-0.2, 0) is 0 Å². The molecule has 1 atom stereocenters. The van der Waals surface area contributed by atoms with Crippen LogP contribution in [0.2, 0.25) is 0 Å². The number of carbonyl (C=O) groups excluding carboxylic acids is 1. The molecule has 2 aliphatic heterocycles. The predicted octanol–water partition coefficient (Wildman–Crippen LogP) is 3.04. The number of fused-ring (bicyclic) bond motifs is 4. The molecule has 0 saturated carbocycles. The molecule has 8 nitrogen and oxygen atoms in total. The SMILES string of the molecule is N#Cc1cncc(-c2ccc3c(n2)N(C(=O)Nc2ccccn2)[C@H]2CCN3C2)c1. The summed E-state index contributed by atoms with van der Waals surface area (Å²) in [6.07, 6.45) is 5.71. The van der Waals surface area contributed by atoms with Gasteiger partial charge in [-0.25, -0.2) is 14.8 Å². The van der Waals surface area contributed by atoms with Crippen molar-refractivity contribution in [3.63, 3.8) is 0 Å². The molecule has 2 bridgehead atoms. The lowest BCUT2D eigenvalue weighted by molar-refractivity contribution is 0.254. The van der Waals surface area contributed by atoms with Gasteiger partial charge >= 0.3 is 6.03 Å². The summed E-state index contributed by atoms with van der Waals surface area (Å²) in [7, 11) is 0. The molecule has 2 amide bonds. The molecule has 1 N–H and O–H groups in total. The van der Waals surface area contributed by atoms with E-state index in [-0.39, 0.29) is 12.1 Å². The van der Waals surface area contributed by atoms with Crippen LogP contribution in [0.25, 0.3) is 11.3 Å². The molecule has 29 heavy (non-hydrogen) atoms. The van der Waals surface area contributed by atoms with E-state index in [2.05, 4.69) is 26.3 Å². The number of nitriles is 1. The lowest BCUT2D eigenvalue weighted by atomic mass is 10.1. The van der Waals surface area contributed by atoms with Gasteiger partial charge in [-0.15, -0.1) is 0 Å². The Labute approximate surface area is 167 Å². The van der Waals surface area contributed by atoms with Crippen LogP contribution in [-0.4, -0.2) is 40.1 Å². The first kappa shape index (κ1) is 17.1. The smallest absolute Gasteiger partial charge is 0.329 e. The second-order valence-electron chi connectivity index (χ2n) is 7.02. The molecule has 0 radical (unpaired) electrons. The van der Waals surface area contributed by atoms with E-state index in [0.717, 1.165) is 30.8 Å². The standard InChI is InChI=1S/C21H17N7O/c22-10-14-9-15(12-23-11-14)17-4-5-18-20(25-17)28(16-6-8-27(18)13-16)21(29)26-19-3-1-2-7-24-19/h1-5,7,9,11-12,16H,6,8,13H2,(H,24,26,29)/t16-/m0/s1. The minimum absolute atomic E-state index is 0.0533. The molecule has 3 aromatic rings. The molecule has 5 heterocycles. The molecule has 142 valence electrons. The number of urea groups is 1. The second-order valence-corrected chi connectivity index (χ2v) is 7.02. The van der Waals surface area contributed by atoms with E-state index in [4.69, 9.17) is 10.2 Å². The summed E-state index contributed by atoms with van der Waals surface area (Å²) < 4.78 is 0. The number of aromatic nitrogens is 3. The molecule has 3 aromatic heterocycles. The highest BCUT2D eigenvalue weighted by Gasteiger charge is 2.40. The Hall–Kier alpha value is -3.99. The number of hydrogen-bond acceptors (Lipinski definition) is 6. The van der Waals surface area contributed by atoms with Crippen molar-refractivity contribution in [1.82, 2.24) is 15.0 Å². The number of rotatable bonds is 2. The molecule has 0 spiro atoms. The third-order valence-electron chi connectivity index (χ3n) is 5.23. The van der Waals surface area contributed by atoms with Crippen molar-refractivity contribution in [2.24, 2.45) is 0 Å². The molecule has 2 aliphatic rings. The van der Waals surface area contributed by atoms with E-state index >= 15 is 0 Å². The first-order valence-electron chi connectivity index (χ1n) is 9.36. The van der Waals surface area contributed by atoms with Crippen molar-refractivity contribution < 1.29 is 4.79 Å². The van der Waals surface area contributed by atoms with Crippen LogP contribution < -0.4 is 15.1 Å². The molecule has 0 unspecified atom stereocenters. The fourth-order valence-corrected chi connectivity index (χ4v) is 3.88. The maximum Gasteiger partial charge on any atom is 0.329 e. The van der Waals surface area contributed by atoms with Gasteiger partial charge < -0.3 is 4.90 Å². The number of nitrogens with zero attached hydrogens (tertiary/aromatic N) is 6. The van der Waals surface area contributed by atoms with Crippen molar-refractivity contribution in [3.05, 3.63) is 60.6 Å². The van der Waals surface area contributed by atoms with Crippen molar-refractivity contribution in [1.29, 1.82) is 5.26 Å². The van der Waals surface area contributed by atoms with E-state index in [0.29, 0.717) is 22.9 Å². The van der Waals surface area contributed by atoms with Gasteiger partial charge in [0.15, 0.2) is 5.82 Å². The van der Waals surface area contributed by atoms with E-state index < -0.39 is 0 Å². The number of anilines is 3. The van der Waals surface area contributed by atoms with Gasteiger partial charge in [-0.2, -0.15) is 5.26 Å². The largest absolute Gasteiger partial charge is 0.366 e. The highest BCUT2D eigenvalue weighted by Crippen LogP contribution is 2.40. The monoisotopic (exact) mass is 383 g/mol. The first-order valence-corrected chi connectivity index (χ1v) is 9.36. The summed E-state index contributed by atoms with van der Waals surface area (Å²) in [5.41, 5.74) is 2.81. The average Bonchev–Trinajstić information content (AvgIpc) is 3.18. The fraction of sp³-hybridized carbons (Fsp3) is 0.190. The van der Waals surface area contributed by atoms with Crippen molar-refractivity contribution in [2.45, 2.75) is 12.5 Å². The summed E-state index contributed by atoms with van der Waals surface area (Å²) in [5, 5.41) is 12.0. The lowest BCUT2D eigenvalue weighted by Crippen LogP contribution is -2.48. The van der Waals surface area contributed by atoms with Gasteiger partial charge in [-0.05, 0) is 36.8 Å². The first-order chi connectivity index (χ1) is 14.2. The molecule has 0 aromatic carbocycles. The molecule has 5 rings (SSSR count). The van der Waals surface area contributed by atoms with Crippen LogP contribution in [0.4, 0.5) is 22.1 Å². The quantitative estimate of drug-likeness (QED) is 0.730. The summed E-state index contributed by atoms with van der Waals surface area (Å²) in [6, 6.07) is 12.9. The van der Waals surface area contributed by atoms with Crippen LogP contribution in [0.5, 0.6) is 0 Å². The topological polar surface area (TPSA) is 98.0 Å². The van der Waals surface area contributed by atoms with E-state index in [1.807, 2.05) is 18.2 Å². The lowest BCUT2D eigenvalue weighted by Gasteiger charge is -2.35. The molecule has 1 fully saturated rings. The highest BCUT2D eigenvalue weighted by atomic mass is 16.2. The van der Waals surface area contributed by atoms with Crippen LogP contribution in [0.3, 0.4) is 0 Å². The number of hydrogen-bond donors (Lipinski definition) is 1. The van der Waals surface area contributed by atoms with Gasteiger partial charge in [0.05, 0.1) is 23.0 Å². The number of nitrogens with one attached hydrogen (secondary N) is 1. The Bertz CT molecular complexity index is 1130. The van der Waals surface area contributed by atoms with E-state index in [1.165, 1.54) is 6.20 Å². The van der Waals surface area contributed by atoms with E-state index in [1.54, 1.807) is 35.5 Å².